The predicted molar refractivity (Wildman–Crippen MR) is 94.6 cm³/mol. The van der Waals surface area contributed by atoms with Crippen LogP contribution in [0.4, 0.5) is 5.69 Å². The van der Waals surface area contributed by atoms with Crippen LogP contribution in [-0.2, 0) is 16.1 Å². The number of halogens is 1. The van der Waals surface area contributed by atoms with Gasteiger partial charge in [0.25, 0.3) is 0 Å². The van der Waals surface area contributed by atoms with Gasteiger partial charge in [-0.05, 0) is 37.6 Å². The van der Waals surface area contributed by atoms with Crippen molar-refractivity contribution < 1.29 is 9.59 Å². The van der Waals surface area contributed by atoms with Crippen LogP contribution in [0.25, 0.3) is 0 Å². The van der Waals surface area contributed by atoms with Crippen LogP contribution >= 0.6 is 12.4 Å². The molecule has 1 aromatic rings. The summed E-state index contributed by atoms with van der Waals surface area (Å²) in [5.41, 5.74) is 1.76. The van der Waals surface area contributed by atoms with Crippen molar-refractivity contribution in [3.63, 3.8) is 0 Å². The smallest absolute Gasteiger partial charge is 0.227 e. The van der Waals surface area contributed by atoms with Crippen LogP contribution in [-0.4, -0.2) is 36.3 Å². The Morgan fingerprint density at radius 1 is 1.35 bits per heavy atom. The van der Waals surface area contributed by atoms with Crippen LogP contribution in [0.2, 0.25) is 0 Å². The molecule has 128 valence electrons. The second kappa shape index (κ2) is 8.89. The van der Waals surface area contributed by atoms with Gasteiger partial charge in [0.15, 0.2) is 0 Å². The molecule has 0 aliphatic carbocycles. The first-order valence-electron chi connectivity index (χ1n) is 7.88. The molecule has 2 amide bonds. The van der Waals surface area contributed by atoms with E-state index < -0.39 is 0 Å². The Balaban J connectivity index is 0.00000264. The number of nitrogens with zero attached hydrogens (tertiary/aromatic N) is 1. The molecular weight excluding hydrogens is 314 g/mol. The molecule has 6 heteroatoms. The van der Waals surface area contributed by atoms with Crippen LogP contribution in [0.15, 0.2) is 24.3 Å². The highest BCUT2D eigenvalue weighted by Crippen LogP contribution is 2.21. The van der Waals surface area contributed by atoms with E-state index in [1.807, 2.05) is 38.1 Å². The lowest BCUT2D eigenvalue weighted by Gasteiger charge is -2.32. The molecule has 0 spiro atoms. The monoisotopic (exact) mass is 339 g/mol. The summed E-state index contributed by atoms with van der Waals surface area (Å²) in [4.78, 5) is 25.7. The number of hydrogen-bond donors (Lipinski definition) is 2. The molecule has 5 nitrogen and oxygen atoms in total. The van der Waals surface area contributed by atoms with E-state index in [9.17, 15) is 9.59 Å². The average molecular weight is 340 g/mol. The number of rotatable bonds is 6. The zero-order chi connectivity index (χ0) is 16.1. The summed E-state index contributed by atoms with van der Waals surface area (Å²) in [7, 11) is 0. The van der Waals surface area contributed by atoms with Crippen LogP contribution in [0.3, 0.4) is 0 Å². The summed E-state index contributed by atoms with van der Waals surface area (Å²) < 4.78 is 0. The maximum atomic E-state index is 12.4. The standard InChI is InChI=1S/C17H25N3O2.ClH/c1-4-20(13(3)21)11-14-7-5-6-8-16(14)19-17(22)12(2)15-9-18-10-15;/h5-8,12,15,18H,4,9-11H2,1-3H3,(H,19,22);1H. The zero-order valence-corrected chi connectivity index (χ0v) is 14.8. The first-order chi connectivity index (χ1) is 10.5. The Hall–Kier alpha value is -1.59. The molecular formula is C17H26ClN3O2. The lowest BCUT2D eigenvalue weighted by molar-refractivity contribution is -0.129. The molecule has 1 fully saturated rings. The van der Waals surface area contributed by atoms with Crippen molar-refractivity contribution in [3.05, 3.63) is 29.8 Å². The van der Waals surface area contributed by atoms with Gasteiger partial charge < -0.3 is 15.5 Å². The topological polar surface area (TPSA) is 61.4 Å². The summed E-state index contributed by atoms with van der Waals surface area (Å²) >= 11 is 0. The van der Waals surface area contributed by atoms with Gasteiger partial charge in [-0.25, -0.2) is 0 Å². The molecule has 0 bridgehead atoms. The normalized spacial score (nSPS) is 15.1. The summed E-state index contributed by atoms with van der Waals surface area (Å²) in [5.74, 6) is 0.489. The quantitative estimate of drug-likeness (QED) is 0.835. The lowest BCUT2D eigenvalue weighted by atomic mass is 9.88. The van der Waals surface area contributed by atoms with E-state index >= 15 is 0 Å². The minimum absolute atomic E-state index is 0. The van der Waals surface area contributed by atoms with Gasteiger partial charge in [0, 0.05) is 31.6 Å². The van der Waals surface area contributed by atoms with Crippen LogP contribution < -0.4 is 10.6 Å². The molecule has 1 saturated heterocycles. The van der Waals surface area contributed by atoms with Crippen LogP contribution in [0.1, 0.15) is 26.3 Å². The molecule has 23 heavy (non-hydrogen) atoms. The Morgan fingerprint density at radius 2 is 2.00 bits per heavy atom. The molecule has 2 N–H and O–H groups in total. The van der Waals surface area contributed by atoms with Gasteiger partial charge in [-0.15, -0.1) is 12.4 Å². The molecule has 1 unspecified atom stereocenters. The minimum atomic E-state index is -0.00982. The highest BCUT2D eigenvalue weighted by atomic mass is 35.5. The SMILES string of the molecule is CCN(Cc1ccccc1NC(=O)C(C)C1CNC1)C(C)=O.Cl. The lowest BCUT2D eigenvalue weighted by Crippen LogP contribution is -2.48. The average Bonchev–Trinajstić information content (AvgIpc) is 2.43. The van der Waals surface area contributed by atoms with E-state index in [1.165, 1.54) is 0 Å². The van der Waals surface area contributed by atoms with Crippen molar-refractivity contribution in [2.45, 2.75) is 27.3 Å². The molecule has 2 rings (SSSR count). The second-order valence-corrected chi connectivity index (χ2v) is 5.89. The number of amides is 2. The van der Waals surface area contributed by atoms with Gasteiger partial charge in [0.05, 0.1) is 0 Å². The number of benzene rings is 1. The Labute approximate surface area is 144 Å². The third-order valence-corrected chi connectivity index (χ3v) is 4.40. The number of para-hydroxylation sites is 1. The van der Waals surface area contributed by atoms with Gasteiger partial charge in [0.2, 0.25) is 11.8 Å². The van der Waals surface area contributed by atoms with Gasteiger partial charge in [-0.2, -0.15) is 0 Å². The van der Waals surface area contributed by atoms with Crippen LogP contribution in [0.5, 0.6) is 0 Å². The number of anilines is 1. The van der Waals surface area contributed by atoms with Crippen molar-refractivity contribution in [1.82, 2.24) is 10.2 Å². The van der Waals surface area contributed by atoms with Crippen molar-refractivity contribution in [2.75, 3.05) is 25.0 Å². The van der Waals surface area contributed by atoms with E-state index in [-0.39, 0.29) is 30.1 Å². The fourth-order valence-electron chi connectivity index (χ4n) is 2.56. The van der Waals surface area contributed by atoms with E-state index in [0.29, 0.717) is 19.0 Å². The molecule has 1 atom stereocenters. The van der Waals surface area contributed by atoms with Gasteiger partial charge in [-0.1, -0.05) is 25.1 Å². The van der Waals surface area contributed by atoms with Gasteiger partial charge in [0.1, 0.15) is 0 Å². The molecule has 1 aromatic carbocycles. The highest BCUT2D eigenvalue weighted by Gasteiger charge is 2.29. The van der Waals surface area contributed by atoms with E-state index in [0.717, 1.165) is 24.3 Å². The molecule has 0 aromatic heterocycles. The van der Waals surface area contributed by atoms with Crippen molar-refractivity contribution in [3.8, 4) is 0 Å². The first kappa shape index (κ1) is 19.5. The zero-order valence-electron chi connectivity index (χ0n) is 14.0. The Bertz CT molecular complexity index is 546. The Kier molecular flexibility index (Phi) is 7.52. The minimum Gasteiger partial charge on any atom is -0.339 e. The summed E-state index contributed by atoms with van der Waals surface area (Å²) in [6.45, 7) is 8.47. The predicted octanol–water partition coefficient (Wildman–Crippen LogP) is 2.27. The number of carbonyl (C=O) groups excluding carboxylic acids is 2. The number of nitrogens with one attached hydrogen (secondary N) is 2. The van der Waals surface area contributed by atoms with Crippen molar-refractivity contribution in [2.24, 2.45) is 11.8 Å². The maximum absolute atomic E-state index is 12.4. The van der Waals surface area contributed by atoms with Crippen molar-refractivity contribution >= 4 is 29.9 Å². The van der Waals surface area contributed by atoms with E-state index in [4.69, 9.17) is 0 Å². The maximum Gasteiger partial charge on any atom is 0.227 e. The fraction of sp³-hybridized carbons (Fsp3) is 0.529. The summed E-state index contributed by atoms with van der Waals surface area (Å²) in [6.07, 6.45) is 0. The Morgan fingerprint density at radius 3 is 2.52 bits per heavy atom. The fourth-order valence-corrected chi connectivity index (χ4v) is 2.56. The molecule has 0 saturated carbocycles. The van der Waals surface area contributed by atoms with E-state index in [1.54, 1.807) is 11.8 Å². The van der Waals surface area contributed by atoms with E-state index in [2.05, 4.69) is 10.6 Å². The van der Waals surface area contributed by atoms with Gasteiger partial charge in [-0.3, -0.25) is 9.59 Å². The number of carbonyl (C=O) groups is 2. The molecule has 1 heterocycles. The summed E-state index contributed by atoms with van der Waals surface area (Å²) in [5, 5.41) is 6.22. The third kappa shape index (κ3) is 4.94. The van der Waals surface area contributed by atoms with Crippen LogP contribution in [0, 0.1) is 11.8 Å². The number of hydrogen-bond acceptors (Lipinski definition) is 3. The third-order valence-electron chi connectivity index (χ3n) is 4.40. The molecule has 1 aliphatic rings. The van der Waals surface area contributed by atoms with Gasteiger partial charge >= 0.3 is 0 Å². The molecule has 1 aliphatic heterocycles. The van der Waals surface area contributed by atoms with Crippen molar-refractivity contribution in [1.29, 1.82) is 0 Å². The highest BCUT2D eigenvalue weighted by molar-refractivity contribution is 5.93. The molecule has 0 radical (unpaired) electrons. The second-order valence-electron chi connectivity index (χ2n) is 5.89. The largest absolute Gasteiger partial charge is 0.339 e. The first-order valence-corrected chi connectivity index (χ1v) is 7.88. The summed E-state index contributed by atoms with van der Waals surface area (Å²) in [6, 6.07) is 7.68.